The van der Waals surface area contributed by atoms with Gasteiger partial charge in [-0.05, 0) is 13.0 Å². The first kappa shape index (κ1) is 7.49. The van der Waals surface area contributed by atoms with Crippen molar-refractivity contribution in [3.05, 3.63) is 17.6 Å². The highest BCUT2D eigenvalue weighted by Gasteiger charge is 2.12. The largest absolute Gasteiger partial charge is 0.493 e. The third-order valence-electron chi connectivity index (χ3n) is 2.10. The van der Waals surface area contributed by atoms with Crippen LogP contribution in [0.5, 0.6) is 5.88 Å². The molecule has 0 spiro atoms. The summed E-state index contributed by atoms with van der Waals surface area (Å²) in [5.74, 6) is 0.142. The lowest BCUT2D eigenvalue weighted by Crippen LogP contribution is -2.16. The second-order valence-corrected chi connectivity index (χ2v) is 2.87. The highest BCUT2D eigenvalue weighted by atomic mass is 16.3. The van der Waals surface area contributed by atoms with Crippen molar-refractivity contribution in [1.82, 2.24) is 15.3 Å². The van der Waals surface area contributed by atoms with Gasteiger partial charge in [-0.1, -0.05) is 0 Å². The molecule has 4 heteroatoms. The van der Waals surface area contributed by atoms with Gasteiger partial charge < -0.3 is 10.4 Å². The van der Waals surface area contributed by atoms with Crippen LogP contribution in [0, 0.1) is 0 Å². The number of aromatic nitrogens is 2. The van der Waals surface area contributed by atoms with Crippen molar-refractivity contribution in [1.29, 1.82) is 0 Å². The fraction of sp³-hybridized carbons (Fsp3) is 0.500. The summed E-state index contributed by atoms with van der Waals surface area (Å²) in [7, 11) is 0. The van der Waals surface area contributed by atoms with Crippen LogP contribution >= 0.6 is 0 Å². The molecule has 12 heavy (non-hydrogen) atoms. The minimum absolute atomic E-state index is 0.142. The molecular formula is C8H11N3O. The second-order valence-electron chi connectivity index (χ2n) is 2.87. The molecule has 2 rings (SSSR count). The molecule has 2 N–H and O–H groups in total. The van der Waals surface area contributed by atoms with E-state index in [0.29, 0.717) is 0 Å². The standard InChI is InChI=1S/C8H11N3O/c12-8-6-1-3-9-4-2-7(6)10-5-11-8/h5,9H,1-4H2,(H,10,11,12). The van der Waals surface area contributed by atoms with Gasteiger partial charge in [-0.3, -0.25) is 0 Å². The minimum atomic E-state index is 0.142. The van der Waals surface area contributed by atoms with E-state index in [0.717, 1.165) is 37.2 Å². The molecular weight excluding hydrogens is 154 g/mol. The quantitative estimate of drug-likeness (QED) is 0.562. The summed E-state index contributed by atoms with van der Waals surface area (Å²) in [4.78, 5) is 7.88. The van der Waals surface area contributed by atoms with E-state index in [2.05, 4.69) is 15.3 Å². The number of rotatable bonds is 0. The summed E-state index contributed by atoms with van der Waals surface area (Å²) in [5.41, 5.74) is 1.88. The molecule has 2 heterocycles. The maximum Gasteiger partial charge on any atom is 0.217 e. The van der Waals surface area contributed by atoms with Crippen LogP contribution in [0.4, 0.5) is 0 Å². The van der Waals surface area contributed by atoms with Gasteiger partial charge in [-0.2, -0.15) is 0 Å². The zero-order valence-corrected chi connectivity index (χ0v) is 6.75. The number of fused-ring (bicyclic) bond motifs is 1. The van der Waals surface area contributed by atoms with Crippen molar-refractivity contribution < 1.29 is 5.11 Å². The van der Waals surface area contributed by atoms with Gasteiger partial charge in [0.05, 0.1) is 5.69 Å². The first-order valence-electron chi connectivity index (χ1n) is 4.10. The highest BCUT2D eigenvalue weighted by molar-refractivity contribution is 5.29. The lowest BCUT2D eigenvalue weighted by molar-refractivity contribution is 0.443. The number of hydrogen-bond donors (Lipinski definition) is 2. The summed E-state index contributed by atoms with van der Waals surface area (Å²) in [6.07, 6.45) is 3.12. The molecule has 1 aliphatic heterocycles. The predicted molar refractivity (Wildman–Crippen MR) is 44.0 cm³/mol. The first-order chi connectivity index (χ1) is 5.88. The van der Waals surface area contributed by atoms with Crippen LogP contribution in [0.25, 0.3) is 0 Å². The Morgan fingerprint density at radius 2 is 2.08 bits per heavy atom. The molecule has 1 aromatic heterocycles. The first-order valence-corrected chi connectivity index (χ1v) is 4.10. The zero-order chi connectivity index (χ0) is 8.39. The Kier molecular flexibility index (Phi) is 1.91. The SMILES string of the molecule is Oc1ncnc2c1CCNCC2. The Balaban J connectivity index is 2.42. The zero-order valence-electron chi connectivity index (χ0n) is 6.75. The summed E-state index contributed by atoms with van der Waals surface area (Å²) >= 11 is 0. The van der Waals surface area contributed by atoms with Crippen LogP contribution in [0.15, 0.2) is 6.33 Å². The summed E-state index contributed by atoms with van der Waals surface area (Å²) in [6.45, 7) is 1.83. The third kappa shape index (κ3) is 1.25. The molecule has 0 atom stereocenters. The van der Waals surface area contributed by atoms with Crippen molar-refractivity contribution in [2.24, 2.45) is 0 Å². The molecule has 0 bridgehead atoms. The Hall–Kier alpha value is -1.16. The van der Waals surface area contributed by atoms with E-state index in [1.807, 2.05) is 0 Å². The predicted octanol–water partition coefficient (Wildman–Crippen LogP) is -0.130. The van der Waals surface area contributed by atoms with E-state index < -0.39 is 0 Å². The lowest BCUT2D eigenvalue weighted by atomic mass is 10.1. The van der Waals surface area contributed by atoms with Gasteiger partial charge >= 0.3 is 0 Å². The monoisotopic (exact) mass is 165 g/mol. The molecule has 0 saturated heterocycles. The molecule has 64 valence electrons. The van der Waals surface area contributed by atoms with E-state index in [-0.39, 0.29) is 5.88 Å². The van der Waals surface area contributed by atoms with Crippen LogP contribution in [0.3, 0.4) is 0 Å². The second kappa shape index (κ2) is 3.06. The minimum Gasteiger partial charge on any atom is -0.493 e. The Morgan fingerprint density at radius 3 is 3.00 bits per heavy atom. The molecule has 0 amide bonds. The molecule has 0 aromatic carbocycles. The van der Waals surface area contributed by atoms with Gasteiger partial charge in [-0.15, -0.1) is 0 Å². The topological polar surface area (TPSA) is 58.0 Å². The smallest absolute Gasteiger partial charge is 0.217 e. The summed E-state index contributed by atoms with van der Waals surface area (Å²) in [6, 6.07) is 0. The van der Waals surface area contributed by atoms with Gasteiger partial charge in [0, 0.05) is 18.5 Å². The van der Waals surface area contributed by atoms with Crippen molar-refractivity contribution in [3.8, 4) is 5.88 Å². The molecule has 0 fully saturated rings. The van der Waals surface area contributed by atoms with Gasteiger partial charge in [0.1, 0.15) is 6.33 Å². The van der Waals surface area contributed by atoms with E-state index in [1.165, 1.54) is 6.33 Å². The van der Waals surface area contributed by atoms with Crippen molar-refractivity contribution in [3.63, 3.8) is 0 Å². The molecule has 4 nitrogen and oxygen atoms in total. The highest BCUT2D eigenvalue weighted by Crippen LogP contribution is 2.17. The number of hydrogen-bond acceptors (Lipinski definition) is 4. The number of nitrogens with one attached hydrogen (secondary N) is 1. The Bertz CT molecular complexity index is 288. The average Bonchev–Trinajstić information content (AvgIpc) is 2.30. The molecule has 0 unspecified atom stereocenters. The van der Waals surface area contributed by atoms with Crippen LogP contribution in [-0.2, 0) is 12.8 Å². The maximum absolute atomic E-state index is 9.40. The Morgan fingerprint density at radius 1 is 1.25 bits per heavy atom. The molecule has 1 aromatic rings. The van der Waals surface area contributed by atoms with E-state index >= 15 is 0 Å². The lowest BCUT2D eigenvalue weighted by Gasteiger charge is -2.03. The molecule has 0 saturated carbocycles. The normalized spacial score (nSPS) is 16.7. The van der Waals surface area contributed by atoms with Crippen LogP contribution in [0.2, 0.25) is 0 Å². The number of aromatic hydroxyl groups is 1. The van der Waals surface area contributed by atoms with Gasteiger partial charge in [0.2, 0.25) is 5.88 Å². The Labute approximate surface area is 70.7 Å². The van der Waals surface area contributed by atoms with Crippen molar-refractivity contribution >= 4 is 0 Å². The van der Waals surface area contributed by atoms with Crippen molar-refractivity contribution in [2.45, 2.75) is 12.8 Å². The van der Waals surface area contributed by atoms with Crippen LogP contribution in [-0.4, -0.2) is 28.2 Å². The van der Waals surface area contributed by atoms with Crippen molar-refractivity contribution in [2.75, 3.05) is 13.1 Å². The molecule has 1 aliphatic rings. The summed E-state index contributed by atoms with van der Waals surface area (Å²) < 4.78 is 0. The van der Waals surface area contributed by atoms with Gasteiger partial charge in [0.15, 0.2) is 0 Å². The fourth-order valence-corrected chi connectivity index (χ4v) is 1.45. The third-order valence-corrected chi connectivity index (χ3v) is 2.10. The van der Waals surface area contributed by atoms with E-state index in [9.17, 15) is 5.11 Å². The van der Waals surface area contributed by atoms with E-state index in [4.69, 9.17) is 0 Å². The molecule has 0 radical (unpaired) electrons. The average molecular weight is 165 g/mol. The number of nitrogens with zero attached hydrogens (tertiary/aromatic N) is 2. The van der Waals surface area contributed by atoms with Crippen LogP contribution < -0.4 is 5.32 Å². The molecule has 0 aliphatic carbocycles. The fourth-order valence-electron chi connectivity index (χ4n) is 1.45. The maximum atomic E-state index is 9.40. The van der Waals surface area contributed by atoms with Gasteiger partial charge in [0.25, 0.3) is 0 Å². The van der Waals surface area contributed by atoms with E-state index in [1.54, 1.807) is 0 Å². The summed E-state index contributed by atoms with van der Waals surface area (Å²) in [5, 5.41) is 12.6. The van der Waals surface area contributed by atoms with Gasteiger partial charge in [-0.25, -0.2) is 9.97 Å². The van der Waals surface area contributed by atoms with Crippen LogP contribution in [0.1, 0.15) is 11.3 Å².